The molecule has 24 heavy (non-hydrogen) atoms. The predicted octanol–water partition coefficient (Wildman–Crippen LogP) is 1.36. The lowest BCUT2D eigenvalue weighted by molar-refractivity contribution is -0.145. The third-order valence-corrected chi connectivity index (χ3v) is 3.43. The van der Waals surface area contributed by atoms with Crippen molar-refractivity contribution >= 4 is 23.3 Å². The van der Waals surface area contributed by atoms with Crippen molar-refractivity contribution in [3.05, 3.63) is 35.9 Å². The first-order chi connectivity index (χ1) is 11.6. The molecule has 1 heterocycles. The molecular weight excluding hydrogens is 314 g/mol. The zero-order valence-electron chi connectivity index (χ0n) is 13.5. The van der Waals surface area contributed by atoms with E-state index in [2.05, 4.69) is 4.79 Å². The van der Waals surface area contributed by atoms with Gasteiger partial charge in [-0.2, -0.15) is 4.79 Å². The molecule has 128 valence electrons. The molecule has 2 rings (SSSR count). The largest absolute Gasteiger partial charge is 0.464 e. The number of nitrogens with zero attached hydrogens (tertiary/aromatic N) is 3. The number of anilines is 1. The van der Waals surface area contributed by atoms with Crippen molar-refractivity contribution in [2.45, 2.75) is 32.4 Å². The molecule has 0 aromatic heterocycles. The van der Waals surface area contributed by atoms with Crippen molar-refractivity contribution in [1.29, 1.82) is 0 Å². The highest BCUT2D eigenvalue weighted by atomic mass is 16.7. The molecule has 2 atom stereocenters. The van der Waals surface area contributed by atoms with Crippen molar-refractivity contribution in [2.24, 2.45) is 0 Å². The van der Waals surface area contributed by atoms with E-state index < -0.39 is 24.1 Å². The van der Waals surface area contributed by atoms with E-state index in [1.54, 1.807) is 38.1 Å². The molecule has 1 saturated heterocycles. The average molecular weight is 333 g/mol. The van der Waals surface area contributed by atoms with Crippen LogP contribution in [0.1, 0.15) is 20.3 Å². The molecule has 1 aliphatic rings. The number of para-hydroxylation sites is 1. The quantitative estimate of drug-likeness (QED) is 0.337. The Morgan fingerprint density at radius 1 is 1.25 bits per heavy atom. The minimum absolute atomic E-state index is 0.103. The van der Waals surface area contributed by atoms with E-state index in [0.29, 0.717) is 5.69 Å². The molecule has 0 bridgehead atoms. The maximum absolute atomic E-state index is 12.2. The summed E-state index contributed by atoms with van der Waals surface area (Å²) < 4.78 is 9.92. The van der Waals surface area contributed by atoms with Crippen LogP contribution in [0.4, 0.5) is 5.69 Å². The summed E-state index contributed by atoms with van der Waals surface area (Å²) in [7, 11) is 0. The van der Waals surface area contributed by atoms with Crippen molar-refractivity contribution < 1.29 is 28.7 Å². The molecule has 0 aliphatic carbocycles. The van der Waals surface area contributed by atoms with E-state index in [9.17, 15) is 9.59 Å². The first kappa shape index (κ1) is 17.7. The number of benzene rings is 1. The molecule has 0 radical (unpaired) electrons. The van der Waals surface area contributed by atoms with E-state index in [1.165, 1.54) is 5.06 Å². The lowest BCUT2D eigenvalue weighted by Crippen LogP contribution is -2.36. The van der Waals surface area contributed by atoms with Crippen molar-refractivity contribution in [3.8, 4) is 0 Å². The number of rotatable bonds is 6. The van der Waals surface area contributed by atoms with Gasteiger partial charge in [-0.3, -0.25) is 4.84 Å². The summed E-state index contributed by atoms with van der Waals surface area (Å²) in [6, 6.07) is 8.17. The number of hydrogen-bond acceptors (Lipinski definition) is 6. The van der Waals surface area contributed by atoms with Crippen LogP contribution in [0.5, 0.6) is 0 Å². The van der Waals surface area contributed by atoms with Crippen molar-refractivity contribution in [2.75, 3.05) is 18.3 Å². The fourth-order valence-electron chi connectivity index (χ4n) is 2.40. The van der Waals surface area contributed by atoms with Gasteiger partial charge in [-0.05, 0) is 26.0 Å². The normalized spacial score (nSPS) is 19.5. The van der Waals surface area contributed by atoms with Gasteiger partial charge in [0.1, 0.15) is 0 Å². The molecule has 0 spiro atoms. The van der Waals surface area contributed by atoms with Crippen molar-refractivity contribution in [1.82, 2.24) is 0 Å². The summed E-state index contributed by atoms with van der Waals surface area (Å²) in [5.41, 5.74) is 9.48. The highest BCUT2D eigenvalue weighted by molar-refractivity contribution is 6.35. The Balaban J connectivity index is 2.27. The number of hydroxylamine groups is 1. The maximum Gasteiger partial charge on any atom is 0.419 e. The highest BCUT2D eigenvalue weighted by Gasteiger charge is 2.47. The van der Waals surface area contributed by atoms with E-state index >= 15 is 0 Å². The van der Waals surface area contributed by atoms with Crippen LogP contribution in [0.3, 0.4) is 0 Å². The Kier molecular flexibility index (Phi) is 6.06. The van der Waals surface area contributed by atoms with Crippen LogP contribution in [-0.2, 0) is 23.9 Å². The third-order valence-electron chi connectivity index (χ3n) is 3.43. The van der Waals surface area contributed by atoms with Crippen LogP contribution in [0.15, 0.2) is 30.3 Å². The van der Waals surface area contributed by atoms with Gasteiger partial charge < -0.3 is 15.0 Å². The van der Waals surface area contributed by atoms with Gasteiger partial charge in [0.25, 0.3) is 0 Å². The van der Waals surface area contributed by atoms with Crippen LogP contribution in [0, 0.1) is 0 Å². The van der Waals surface area contributed by atoms with Crippen LogP contribution in [-0.4, -0.2) is 47.8 Å². The fourth-order valence-corrected chi connectivity index (χ4v) is 2.40. The number of carbonyl (C=O) groups is 2. The zero-order valence-corrected chi connectivity index (χ0v) is 13.5. The molecule has 1 fully saturated rings. The standard InChI is InChI=1S/C16H19N3O5/c1-3-22-15(20)12-10-13(14(18-17)16(21)23-4-2)24-19(12)11-8-6-5-7-9-11/h5-9,12-13H,3-4,10H2,1-2H3/t12-,13+/m1/s1. The van der Waals surface area contributed by atoms with E-state index in [1.807, 2.05) is 6.07 Å². The smallest absolute Gasteiger partial charge is 0.419 e. The first-order valence-corrected chi connectivity index (χ1v) is 7.69. The summed E-state index contributed by atoms with van der Waals surface area (Å²) in [5, 5.41) is 1.37. The summed E-state index contributed by atoms with van der Waals surface area (Å²) in [6.45, 7) is 3.70. The van der Waals surface area contributed by atoms with Crippen LogP contribution < -0.4 is 5.06 Å². The zero-order chi connectivity index (χ0) is 17.5. The average Bonchev–Trinajstić information content (AvgIpc) is 3.02. The van der Waals surface area contributed by atoms with Gasteiger partial charge in [0.2, 0.25) is 0 Å². The third kappa shape index (κ3) is 3.79. The van der Waals surface area contributed by atoms with Crippen LogP contribution >= 0.6 is 0 Å². The van der Waals surface area contributed by atoms with Gasteiger partial charge in [0.05, 0.1) is 18.9 Å². The first-order valence-electron chi connectivity index (χ1n) is 7.69. The second kappa shape index (κ2) is 8.24. The molecule has 8 nitrogen and oxygen atoms in total. The molecule has 0 unspecified atom stereocenters. The SMILES string of the molecule is CCOC(=O)C(=[N+]=[N-])[C@@H]1C[C@H](C(=O)OCC)N(c2ccccc2)O1. The molecule has 1 aliphatic heterocycles. The summed E-state index contributed by atoms with van der Waals surface area (Å²) in [6.07, 6.45) is -0.810. The molecule has 1 aromatic rings. The van der Waals surface area contributed by atoms with E-state index in [0.717, 1.165) is 0 Å². The Morgan fingerprint density at radius 3 is 2.50 bits per heavy atom. The van der Waals surface area contributed by atoms with Crippen LogP contribution in [0.25, 0.3) is 5.53 Å². The molecule has 8 heteroatoms. The Hall–Kier alpha value is -2.70. The Labute approximate surface area is 139 Å². The number of hydrogen-bond donors (Lipinski definition) is 0. The molecular formula is C16H19N3O5. The lowest BCUT2D eigenvalue weighted by Gasteiger charge is -2.22. The van der Waals surface area contributed by atoms with E-state index in [4.69, 9.17) is 19.8 Å². The Bertz CT molecular complexity index is 642. The van der Waals surface area contributed by atoms with E-state index in [-0.39, 0.29) is 25.3 Å². The summed E-state index contributed by atoms with van der Waals surface area (Å²) >= 11 is 0. The van der Waals surface area contributed by atoms with Crippen molar-refractivity contribution in [3.63, 3.8) is 0 Å². The molecule has 0 saturated carbocycles. The van der Waals surface area contributed by atoms with Gasteiger partial charge >= 0.3 is 17.7 Å². The summed E-state index contributed by atoms with van der Waals surface area (Å²) in [4.78, 5) is 32.8. The monoisotopic (exact) mass is 333 g/mol. The minimum Gasteiger partial charge on any atom is -0.464 e. The minimum atomic E-state index is -0.913. The molecule has 0 amide bonds. The highest BCUT2D eigenvalue weighted by Crippen LogP contribution is 2.29. The summed E-state index contributed by atoms with van der Waals surface area (Å²) in [5.74, 6) is -1.27. The van der Waals surface area contributed by atoms with Gasteiger partial charge in [-0.1, -0.05) is 18.2 Å². The van der Waals surface area contributed by atoms with Crippen LogP contribution in [0.2, 0.25) is 0 Å². The number of esters is 2. The van der Waals surface area contributed by atoms with Gasteiger partial charge in [0.15, 0.2) is 12.1 Å². The molecule has 1 aromatic carbocycles. The topological polar surface area (TPSA) is 101 Å². The second-order valence-electron chi connectivity index (χ2n) is 4.96. The maximum atomic E-state index is 12.2. The molecule has 0 N–H and O–H groups in total. The fraction of sp³-hybridized carbons (Fsp3) is 0.438. The predicted molar refractivity (Wildman–Crippen MR) is 84.1 cm³/mol. The lowest BCUT2D eigenvalue weighted by atomic mass is 10.1. The van der Waals surface area contributed by atoms with Gasteiger partial charge in [0, 0.05) is 6.42 Å². The number of ether oxygens (including phenoxy) is 2. The van der Waals surface area contributed by atoms with Gasteiger partial charge in [-0.15, -0.1) is 0 Å². The second-order valence-corrected chi connectivity index (χ2v) is 4.96. The number of carbonyl (C=O) groups excluding carboxylic acids is 2. The Morgan fingerprint density at radius 2 is 1.92 bits per heavy atom. The van der Waals surface area contributed by atoms with Gasteiger partial charge in [-0.25, -0.2) is 14.7 Å².